The van der Waals surface area contributed by atoms with Gasteiger partial charge in [-0.2, -0.15) is 0 Å². The maximum atomic E-state index is 12.7. The summed E-state index contributed by atoms with van der Waals surface area (Å²) in [7, 11) is 0. The number of fused-ring (bicyclic) bond motifs is 1. The molecular formula is C29H24N2O4S. The van der Waals surface area contributed by atoms with Crippen molar-refractivity contribution >= 4 is 28.0 Å². The van der Waals surface area contributed by atoms with Gasteiger partial charge in [-0.05, 0) is 40.1 Å². The molecule has 0 spiro atoms. The third-order valence-electron chi connectivity index (χ3n) is 6.12. The van der Waals surface area contributed by atoms with Crippen LogP contribution in [-0.4, -0.2) is 27.6 Å². The number of amides is 1. The predicted molar refractivity (Wildman–Crippen MR) is 143 cm³/mol. The maximum Gasteiger partial charge on any atom is 0.307 e. The molecule has 1 heterocycles. The zero-order chi connectivity index (χ0) is 25.1. The van der Waals surface area contributed by atoms with Crippen molar-refractivity contribution in [3.05, 3.63) is 116 Å². The molecule has 4 N–H and O–H groups in total. The lowest BCUT2D eigenvalue weighted by molar-refractivity contribution is 0.0951. The first-order valence-corrected chi connectivity index (χ1v) is 12.4. The van der Waals surface area contributed by atoms with E-state index in [1.807, 2.05) is 66.7 Å². The summed E-state index contributed by atoms with van der Waals surface area (Å²) in [6.45, 7) is 0.441. The summed E-state index contributed by atoms with van der Waals surface area (Å²) in [5.41, 5.74) is 4.47. The molecule has 0 bridgehead atoms. The van der Waals surface area contributed by atoms with E-state index in [4.69, 9.17) is 0 Å². The molecule has 0 aliphatic carbocycles. The van der Waals surface area contributed by atoms with E-state index in [9.17, 15) is 19.8 Å². The van der Waals surface area contributed by atoms with E-state index in [-0.39, 0.29) is 28.0 Å². The largest absolute Gasteiger partial charge is 0.506 e. The molecule has 0 aliphatic heterocycles. The number of H-pyrrole nitrogens is 1. The average Bonchev–Trinajstić information content (AvgIpc) is 3.21. The summed E-state index contributed by atoms with van der Waals surface area (Å²) in [4.78, 5) is 26.8. The highest BCUT2D eigenvalue weighted by molar-refractivity contribution is 7.09. The minimum Gasteiger partial charge on any atom is -0.506 e. The fourth-order valence-electron chi connectivity index (χ4n) is 4.23. The second-order valence-electron chi connectivity index (χ2n) is 8.55. The fourth-order valence-corrected chi connectivity index (χ4v) is 4.99. The van der Waals surface area contributed by atoms with Crippen LogP contribution >= 0.6 is 11.3 Å². The molecule has 4 aromatic carbocycles. The standard InChI is InChI=1S/C29H24N2O4S/c32-26-23-7-2-1-5-21(23)12-13-24(26)27(33)30-15-14-18-4-3-6-22(16-18)20-10-8-19(9-11-20)17-25-28(34)31-29(35)36-25/h1-13,16,32,34H,14-15,17H2,(H,30,33)(H,31,35). The van der Waals surface area contributed by atoms with Crippen molar-refractivity contribution in [1.82, 2.24) is 10.3 Å². The summed E-state index contributed by atoms with van der Waals surface area (Å²) in [6.07, 6.45) is 1.14. The Morgan fingerprint density at radius 1 is 0.861 bits per heavy atom. The number of phenolic OH excluding ortho intramolecular Hbond substituents is 1. The number of rotatable bonds is 7. The number of aromatic hydroxyl groups is 2. The van der Waals surface area contributed by atoms with Gasteiger partial charge in [0, 0.05) is 18.4 Å². The first-order chi connectivity index (χ1) is 17.5. The van der Waals surface area contributed by atoms with Crippen molar-refractivity contribution in [3.8, 4) is 22.8 Å². The van der Waals surface area contributed by atoms with Gasteiger partial charge in [0.2, 0.25) is 5.88 Å². The van der Waals surface area contributed by atoms with Crippen LogP contribution in [0, 0.1) is 0 Å². The molecule has 0 radical (unpaired) electrons. The zero-order valence-electron chi connectivity index (χ0n) is 19.3. The SMILES string of the molecule is O=C(NCCc1cccc(-c2ccc(Cc3sc(=O)[nH]c3O)cc2)c1)c1ccc2ccccc2c1O. The fraction of sp³-hybridized carbons (Fsp3) is 0.103. The highest BCUT2D eigenvalue weighted by Gasteiger charge is 2.13. The van der Waals surface area contributed by atoms with E-state index < -0.39 is 0 Å². The van der Waals surface area contributed by atoms with Gasteiger partial charge in [-0.1, -0.05) is 90.2 Å². The van der Waals surface area contributed by atoms with Crippen LogP contribution in [0.25, 0.3) is 21.9 Å². The van der Waals surface area contributed by atoms with E-state index in [1.54, 1.807) is 12.1 Å². The van der Waals surface area contributed by atoms with Crippen LogP contribution in [0.1, 0.15) is 26.4 Å². The molecule has 0 fully saturated rings. The predicted octanol–water partition coefficient (Wildman–Crippen LogP) is 5.23. The first-order valence-electron chi connectivity index (χ1n) is 11.6. The van der Waals surface area contributed by atoms with Gasteiger partial charge in [-0.25, -0.2) is 0 Å². The Morgan fingerprint density at radius 2 is 1.67 bits per heavy atom. The molecule has 1 aromatic heterocycles. The summed E-state index contributed by atoms with van der Waals surface area (Å²) in [6, 6.07) is 27.1. The Kier molecular flexibility index (Phi) is 6.56. The normalized spacial score (nSPS) is 11.0. The second kappa shape index (κ2) is 10.1. The first kappa shape index (κ1) is 23.4. The number of carbonyl (C=O) groups is 1. The van der Waals surface area contributed by atoms with Crippen molar-refractivity contribution < 1.29 is 15.0 Å². The summed E-state index contributed by atoms with van der Waals surface area (Å²) >= 11 is 1.02. The molecule has 0 aliphatic rings. The Morgan fingerprint density at radius 3 is 2.44 bits per heavy atom. The van der Waals surface area contributed by atoms with Crippen LogP contribution in [0.15, 0.2) is 89.7 Å². The number of aromatic amines is 1. The quantitative estimate of drug-likeness (QED) is 0.248. The van der Waals surface area contributed by atoms with Crippen LogP contribution < -0.4 is 10.2 Å². The second-order valence-corrected chi connectivity index (χ2v) is 9.62. The smallest absolute Gasteiger partial charge is 0.307 e. The lowest BCUT2D eigenvalue weighted by Crippen LogP contribution is -2.25. The van der Waals surface area contributed by atoms with Gasteiger partial charge in [-0.15, -0.1) is 0 Å². The van der Waals surface area contributed by atoms with Gasteiger partial charge in [-0.3, -0.25) is 14.6 Å². The highest BCUT2D eigenvalue weighted by atomic mass is 32.1. The summed E-state index contributed by atoms with van der Waals surface area (Å²) < 4.78 is 0. The molecule has 180 valence electrons. The van der Waals surface area contributed by atoms with Crippen molar-refractivity contribution in [3.63, 3.8) is 0 Å². The van der Waals surface area contributed by atoms with Gasteiger partial charge in [0.25, 0.3) is 5.91 Å². The zero-order valence-corrected chi connectivity index (χ0v) is 20.1. The van der Waals surface area contributed by atoms with Crippen LogP contribution in [0.4, 0.5) is 0 Å². The van der Waals surface area contributed by atoms with Crippen molar-refractivity contribution in [2.24, 2.45) is 0 Å². The number of aromatic nitrogens is 1. The number of carbonyl (C=O) groups excluding carboxylic acids is 1. The third kappa shape index (κ3) is 5.01. The Balaban J connectivity index is 1.22. The lowest BCUT2D eigenvalue weighted by Gasteiger charge is -2.10. The average molecular weight is 497 g/mol. The van der Waals surface area contributed by atoms with Crippen LogP contribution in [0.5, 0.6) is 11.6 Å². The third-order valence-corrected chi connectivity index (χ3v) is 7.00. The number of benzene rings is 4. The van der Waals surface area contributed by atoms with Gasteiger partial charge < -0.3 is 15.5 Å². The molecule has 0 atom stereocenters. The van der Waals surface area contributed by atoms with Gasteiger partial charge in [0.05, 0.1) is 10.4 Å². The van der Waals surface area contributed by atoms with Gasteiger partial charge in [0.15, 0.2) is 0 Å². The monoisotopic (exact) mass is 496 g/mol. The van der Waals surface area contributed by atoms with E-state index >= 15 is 0 Å². The topological polar surface area (TPSA) is 102 Å². The number of hydrogen-bond acceptors (Lipinski definition) is 5. The Hall–Kier alpha value is -4.36. The number of thiazole rings is 1. The van der Waals surface area contributed by atoms with Crippen molar-refractivity contribution in [1.29, 1.82) is 0 Å². The van der Waals surface area contributed by atoms with Crippen LogP contribution in [-0.2, 0) is 12.8 Å². The summed E-state index contributed by atoms with van der Waals surface area (Å²) in [5.74, 6) is -0.370. The molecular weight excluding hydrogens is 472 g/mol. The van der Waals surface area contributed by atoms with Gasteiger partial charge >= 0.3 is 4.87 Å². The molecule has 6 nitrogen and oxygen atoms in total. The molecule has 7 heteroatoms. The summed E-state index contributed by atoms with van der Waals surface area (Å²) in [5, 5.41) is 24.8. The van der Waals surface area contributed by atoms with E-state index in [0.29, 0.717) is 29.6 Å². The Bertz CT molecular complexity index is 1600. The number of nitrogens with one attached hydrogen (secondary N) is 2. The van der Waals surface area contributed by atoms with Crippen molar-refractivity contribution in [2.75, 3.05) is 6.54 Å². The lowest BCUT2D eigenvalue weighted by atomic mass is 10.00. The molecule has 1 amide bonds. The van der Waals surface area contributed by atoms with Crippen LogP contribution in [0.2, 0.25) is 0 Å². The Labute approximate surface area is 211 Å². The highest BCUT2D eigenvalue weighted by Crippen LogP contribution is 2.28. The van der Waals surface area contributed by atoms with E-state index in [0.717, 1.165) is 39.0 Å². The van der Waals surface area contributed by atoms with Crippen LogP contribution in [0.3, 0.4) is 0 Å². The van der Waals surface area contributed by atoms with Crippen molar-refractivity contribution in [2.45, 2.75) is 12.8 Å². The van der Waals surface area contributed by atoms with Gasteiger partial charge in [0.1, 0.15) is 5.75 Å². The molecule has 0 saturated heterocycles. The van der Waals surface area contributed by atoms with E-state index in [2.05, 4.69) is 16.4 Å². The number of phenols is 1. The number of hydrogen-bond donors (Lipinski definition) is 4. The molecule has 5 aromatic rings. The molecule has 0 saturated carbocycles. The molecule has 0 unspecified atom stereocenters. The minimum atomic E-state index is -0.302. The molecule has 5 rings (SSSR count). The maximum absolute atomic E-state index is 12.7. The molecule has 36 heavy (non-hydrogen) atoms. The minimum absolute atomic E-state index is 0.00284. The van der Waals surface area contributed by atoms with E-state index in [1.165, 1.54) is 0 Å².